The molecule has 5 rings (SSSR count). The molecule has 2 aliphatic heterocycles. The Morgan fingerprint density at radius 3 is 2.29 bits per heavy atom. The SMILES string of the molecule is CCOc1cc(/C=C2/SC(=O)N(CC(=O)N3CCN(c4ccccc4)CC3)C2=O)ccc1Oc1ccc([N+](=O)[O-])cc1[N+](=O)[O-]. The number of nitro groups is 2. The van der Waals surface area contributed by atoms with Gasteiger partial charge in [-0.3, -0.25) is 39.5 Å². The number of carbonyl (C=O) groups excluding carboxylic acids is 3. The second-order valence-electron chi connectivity index (χ2n) is 9.88. The molecule has 15 heteroatoms. The number of amides is 3. The lowest BCUT2D eigenvalue weighted by Crippen LogP contribution is -2.51. The van der Waals surface area contributed by atoms with Gasteiger partial charge in [0.15, 0.2) is 11.5 Å². The number of benzene rings is 3. The number of nitro benzene ring substituents is 2. The van der Waals surface area contributed by atoms with Crippen molar-refractivity contribution >= 4 is 52.0 Å². The molecule has 2 saturated heterocycles. The predicted molar refractivity (Wildman–Crippen MR) is 165 cm³/mol. The third kappa shape index (κ3) is 7.04. The van der Waals surface area contributed by atoms with Gasteiger partial charge in [-0.05, 0) is 60.7 Å². The highest BCUT2D eigenvalue weighted by Crippen LogP contribution is 2.40. The maximum absolute atomic E-state index is 13.1. The summed E-state index contributed by atoms with van der Waals surface area (Å²) in [6.45, 7) is 3.77. The second kappa shape index (κ2) is 13.5. The lowest BCUT2D eigenvalue weighted by molar-refractivity contribution is -0.394. The first kappa shape index (κ1) is 31.0. The van der Waals surface area contributed by atoms with Gasteiger partial charge in [-0.25, -0.2) is 0 Å². The molecule has 0 aliphatic carbocycles. The number of thioether (sulfide) groups is 1. The molecule has 232 valence electrons. The van der Waals surface area contributed by atoms with Gasteiger partial charge in [0, 0.05) is 37.9 Å². The van der Waals surface area contributed by atoms with Gasteiger partial charge in [0.05, 0.1) is 27.4 Å². The molecule has 0 aromatic heterocycles. The van der Waals surface area contributed by atoms with E-state index in [1.165, 1.54) is 18.2 Å². The Labute approximate surface area is 261 Å². The molecule has 0 N–H and O–H groups in total. The van der Waals surface area contributed by atoms with Crippen LogP contribution in [0.25, 0.3) is 6.08 Å². The molecule has 0 unspecified atom stereocenters. The van der Waals surface area contributed by atoms with Gasteiger partial charge >= 0.3 is 5.69 Å². The zero-order valence-corrected chi connectivity index (χ0v) is 24.8. The van der Waals surface area contributed by atoms with Crippen molar-refractivity contribution in [3.8, 4) is 17.2 Å². The van der Waals surface area contributed by atoms with Crippen LogP contribution in [0.15, 0.2) is 71.6 Å². The van der Waals surface area contributed by atoms with E-state index in [4.69, 9.17) is 9.47 Å². The number of para-hydroxylation sites is 1. The van der Waals surface area contributed by atoms with E-state index in [0.717, 1.165) is 28.8 Å². The predicted octanol–water partition coefficient (Wildman–Crippen LogP) is 5.08. The van der Waals surface area contributed by atoms with E-state index in [-0.39, 0.29) is 41.2 Å². The average molecular weight is 634 g/mol. The Kier molecular flexibility index (Phi) is 9.28. The second-order valence-corrected chi connectivity index (χ2v) is 10.9. The largest absolute Gasteiger partial charge is 0.490 e. The molecule has 3 aromatic rings. The number of hydrogen-bond donors (Lipinski definition) is 0. The van der Waals surface area contributed by atoms with Gasteiger partial charge in [-0.1, -0.05) is 24.3 Å². The first-order valence-electron chi connectivity index (χ1n) is 13.8. The molecule has 45 heavy (non-hydrogen) atoms. The van der Waals surface area contributed by atoms with Crippen LogP contribution in [0.5, 0.6) is 17.2 Å². The molecule has 3 amide bonds. The summed E-state index contributed by atoms with van der Waals surface area (Å²) < 4.78 is 11.4. The summed E-state index contributed by atoms with van der Waals surface area (Å²) in [5.41, 5.74) is 0.478. The summed E-state index contributed by atoms with van der Waals surface area (Å²) in [6.07, 6.45) is 1.48. The summed E-state index contributed by atoms with van der Waals surface area (Å²) in [5.74, 6) is -0.862. The Morgan fingerprint density at radius 2 is 1.62 bits per heavy atom. The fraction of sp³-hybridized carbons (Fsp3) is 0.233. The fourth-order valence-corrected chi connectivity index (χ4v) is 5.65. The van der Waals surface area contributed by atoms with Crippen molar-refractivity contribution in [1.29, 1.82) is 0 Å². The number of non-ortho nitro benzene ring substituents is 1. The van der Waals surface area contributed by atoms with Gasteiger partial charge in [-0.2, -0.15) is 0 Å². The normalized spacial score (nSPS) is 15.8. The van der Waals surface area contributed by atoms with Gasteiger partial charge in [0.2, 0.25) is 11.7 Å². The molecule has 0 saturated carbocycles. The molecular formula is C30H27N5O9S. The summed E-state index contributed by atoms with van der Waals surface area (Å²) in [5, 5.41) is 22.0. The smallest absolute Gasteiger partial charge is 0.318 e. The van der Waals surface area contributed by atoms with Crippen LogP contribution in [0.4, 0.5) is 21.9 Å². The summed E-state index contributed by atoms with van der Waals surface area (Å²) in [7, 11) is 0. The molecule has 2 heterocycles. The number of anilines is 1. The maximum atomic E-state index is 13.1. The molecule has 0 atom stereocenters. The highest BCUT2D eigenvalue weighted by molar-refractivity contribution is 8.18. The Morgan fingerprint density at radius 1 is 0.911 bits per heavy atom. The van der Waals surface area contributed by atoms with Crippen molar-refractivity contribution in [2.24, 2.45) is 0 Å². The maximum Gasteiger partial charge on any atom is 0.318 e. The Balaban J connectivity index is 1.27. The van der Waals surface area contributed by atoms with Crippen LogP contribution in [0, 0.1) is 20.2 Å². The molecular weight excluding hydrogens is 606 g/mol. The van der Waals surface area contributed by atoms with E-state index in [1.54, 1.807) is 17.9 Å². The molecule has 0 spiro atoms. The number of imide groups is 1. The zero-order chi connectivity index (χ0) is 32.1. The monoisotopic (exact) mass is 633 g/mol. The standard InChI is InChI=1S/C30H27N5O9S/c1-2-43-26-16-20(8-10-25(26)44-24-11-9-22(34(39)40)18-23(24)35(41)42)17-27-29(37)33(30(38)45-27)19-28(36)32-14-12-31(13-15-32)21-6-4-3-5-7-21/h3-11,16-18H,2,12-15,19H2,1H3/b27-17+. The van der Waals surface area contributed by atoms with Crippen molar-refractivity contribution in [1.82, 2.24) is 9.80 Å². The molecule has 3 aromatic carbocycles. The number of hydrogen-bond acceptors (Lipinski definition) is 11. The minimum Gasteiger partial charge on any atom is -0.490 e. The summed E-state index contributed by atoms with van der Waals surface area (Å²) >= 11 is 0.715. The minimum absolute atomic E-state index is 0.0945. The Hall–Kier alpha value is -5.44. The molecule has 0 bridgehead atoms. The van der Waals surface area contributed by atoms with Gasteiger partial charge < -0.3 is 19.3 Å². The van der Waals surface area contributed by atoms with Crippen LogP contribution in [-0.4, -0.2) is 76.0 Å². The van der Waals surface area contributed by atoms with Crippen LogP contribution in [0.2, 0.25) is 0 Å². The minimum atomic E-state index is -0.789. The van der Waals surface area contributed by atoms with Crippen molar-refractivity contribution in [2.75, 3.05) is 44.2 Å². The number of ether oxygens (including phenoxy) is 2. The van der Waals surface area contributed by atoms with Gasteiger partial charge in [-0.15, -0.1) is 0 Å². The first-order valence-corrected chi connectivity index (χ1v) is 14.7. The van der Waals surface area contributed by atoms with Crippen molar-refractivity contribution < 1.29 is 33.7 Å². The number of rotatable bonds is 10. The molecule has 14 nitrogen and oxygen atoms in total. The third-order valence-electron chi connectivity index (χ3n) is 7.06. The Bertz CT molecular complexity index is 1690. The fourth-order valence-electron chi connectivity index (χ4n) is 4.81. The van der Waals surface area contributed by atoms with Crippen LogP contribution in [-0.2, 0) is 9.59 Å². The zero-order valence-electron chi connectivity index (χ0n) is 24.0. The van der Waals surface area contributed by atoms with Crippen molar-refractivity contribution in [3.05, 3.63) is 97.4 Å². The molecule has 2 fully saturated rings. The van der Waals surface area contributed by atoms with Crippen molar-refractivity contribution in [3.63, 3.8) is 0 Å². The molecule has 0 radical (unpaired) electrons. The highest BCUT2D eigenvalue weighted by atomic mass is 32.2. The summed E-state index contributed by atoms with van der Waals surface area (Å²) in [6, 6.07) is 17.4. The van der Waals surface area contributed by atoms with Gasteiger partial charge in [0.25, 0.3) is 16.8 Å². The topological polar surface area (TPSA) is 166 Å². The van der Waals surface area contributed by atoms with Gasteiger partial charge in [0.1, 0.15) is 6.54 Å². The number of carbonyl (C=O) groups is 3. The first-order chi connectivity index (χ1) is 21.6. The third-order valence-corrected chi connectivity index (χ3v) is 7.96. The van der Waals surface area contributed by atoms with E-state index < -0.39 is 32.4 Å². The number of piperazine rings is 1. The van der Waals surface area contributed by atoms with Crippen molar-refractivity contribution in [2.45, 2.75) is 6.92 Å². The van der Waals surface area contributed by atoms with E-state index in [1.807, 2.05) is 30.3 Å². The van der Waals surface area contributed by atoms with Crippen LogP contribution >= 0.6 is 11.8 Å². The van der Waals surface area contributed by atoms with Crippen LogP contribution < -0.4 is 14.4 Å². The summed E-state index contributed by atoms with van der Waals surface area (Å²) in [4.78, 5) is 64.8. The lowest BCUT2D eigenvalue weighted by Gasteiger charge is -2.36. The van der Waals surface area contributed by atoms with Crippen LogP contribution in [0.3, 0.4) is 0 Å². The quantitative estimate of drug-likeness (QED) is 0.166. The van der Waals surface area contributed by atoms with E-state index in [2.05, 4.69) is 4.90 Å². The average Bonchev–Trinajstić information content (AvgIpc) is 3.29. The molecule has 2 aliphatic rings. The van der Waals surface area contributed by atoms with E-state index in [9.17, 15) is 34.6 Å². The van der Waals surface area contributed by atoms with E-state index in [0.29, 0.717) is 43.5 Å². The highest BCUT2D eigenvalue weighted by Gasteiger charge is 2.37. The number of nitrogens with zero attached hydrogens (tertiary/aromatic N) is 5. The van der Waals surface area contributed by atoms with E-state index >= 15 is 0 Å². The van der Waals surface area contributed by atoms with Crippen LogP contribution in [0.1, 0.15) is 12.5 Å². The lowest BCUT2D eigenvalue weighted by atomic mass is 10.1.